The van der Waals surface area contributed by atoms with Gasteiger partial charge in [-0.2, -0.15) is 4.98 Å². The zero-order chi connectivity index (χ0) is 37.4. The molecule has 0 saturated carbocycles. The Hall–Kier alpha value is -5.37. The van der Waals surface area contributed by atoms with Crippen molar-refractivity contribution in [3.63, 3.8) is 0 Å². The third-order valence-electron chi connectivity index (χ3n) is 9.22. The van der Waals surface area contributed by atoms with Gasteiger partial charge in [0, 0.05) is 24.4 Å². The van der Waals surface area contributed by atoms with Crippen LogP contribution in [0.5, 0.6) is 11.5 Å². The van der Waals surface area contributed by atoms with Crippen LogP contribution in [-0.4, -0.2) is 80.0 Å². The number of hydrogen-bond acceptors (Lipinski definition) is 10. The van der Waals surface area contributed by atoms with E-state index in [0.717, 1.165) is 16.7 Å². The number of rotatable bonds is 15. The number of aryl methyl sites for hydroxylation is 1. The van der Waals surface area contributed by atoms with Crippen molar-refractivity contribution in [3.05, 3.63) is 154 Å². The summed E-state index contributed by atoms with van der Waals surface area (Å²) in [6.07, 6.45) is -2.71. The Bertz CT molecular complexity index is 1960. The first-order valence-electron chi connectivity index (χ1n) is 17.2. The maximum atomic E-state index is 13.6. The third kappa shape index (κ3) is 8.02. The van der Waals surface area contributed by atoms with Gasteiger partial charge in [0.05, 0.1) is 34.0 Å². The molecule has 2 heterocycles. The molecule has 0 aliphatic carbocycles. The van der Waals surface area contributed by atoms with Crippen molar-refractivity contribution in [1.82, 2.24) is 9.55 Å². The van der Waals surface area contributed by atoms with Crippen LogP contribution >= 0.6 is 0 Å². The van der Waals surface area contributed by atoms with Crippen molar-refractivity contribution >= 4 is 11.7 Å². The third-order valence-corrected chi connectivity index (χ3v) is 9.22. The Kier molecular flexibility index (Phi) is 12.0. The number of aliphatic hydroxyl groups excluding tert-OH is 1. The van der Waals surface area contributed by atoms with E-state index < -0.39 is 41.7 Å². The monoisotopic (exact) mass is 721 g/mol. The molecule has 6 rings (SSSR count). The van der Waals surface area contributed by atoms with Crippen LogP contribution in [0.2, 0.25) is 0 Å². The van der Waals surface area contributed by atoms with E-state index >= 15 is 0 Å². The summed E-state index contributed by atoms with van der Waals surface area (Å²) in [5, 5.41) is 14.5. The van der Waals surface area contributed by atoms with Gasteiger partial charge in [-0.3, -0.25) is 9.36 Å². The molecule has 5 aromatic rings. The molecule has 1 aliphatic rings. The molecule has 0 bridgehead atoms. The lowest BCUT2D eigenvalue weighted by atomic mass is 9.80. The van der Waals surface area contributed by atoms with Gasteiger partial charge in [-0.25, -0.2) is 4.79 Å². The summed E-state index contributed by atoms with van der Waals surface area (Å²) in [5.74, 6) is 1.07. The molecule has 4 atom stereocenters. The van der Waals surface area contributed by atoms with E-state index in [2.05, 4.69) is 10.3 Å². The van der Waals surface area contributed by atoms with Gasteiger partial charge in [0.25, 0.3) is 5.91 Å². The van der Waals surface area contributed by atoms with Gasteiger partial charge in [-0.1, -0.05) is 72.8 Å². The zero-order valence-electron chi connectivity index (χ0n) is 30.0. The van der Waals surface area contributed by atoms with Gasteiger partial charge in [0.15, 0.2) is 6.23 Å². The molecule has 12 heteroatoms. The number of hydrogen-bond donors (Lipinski definition) is 2. The number of nitrogens with zero attached hydrogens (tertiary/aromatic N) is 2. The number of aromatic nitrogens is 2. The van der Waals surface area contributed by atoms with E-state index in [-0.39, 0.29) is 25.6 Å². The minimum Gasteiger partial charge on any atom is -0.497 e. The fraction of sp³-hybridized carbons (Fsp3) is 0.293. The van der Waals surface area contributed by atoms with Crippen LogP contribution in [0.3, 0.4) is 0 Å². The van der Waals surface area contributed by atoms with Crippen LogP contribution in [0.15, 0.2) is 120 Å². The summed E-state index contributed by atoms with van der Waals surface area (Å²) >= 11 is 0. The normalized spacial score (nSPS) is 18.4. The van der Waals surface area contributed by atoms with E-state index in [4.69, 9.17) is 28.4 Å². The summed E-state index contributed by atoms with van der Waals surface area (Å²) in [7, 11) is 4.76. The fourth-order valence-electron chi connectivity index (χ4n) is 6.45. The molecule has 2 N–H and O–H groups in total. The maximum Gasteiger partial charge on any atom is 0.351 e. The molecule has 0 unspecified atom stereocenters. The van der Waals surface area contributed by atoms with Crippen LogP contribution in [0, 0.1) is 6.92 Å². The molecule has 1 amide bonds. The first-order chi connectivity index (χ1) is 25.8. The Labute approximate surface area is 307 Å². The highest BCUT2D eigenvalue weighted by molar-refractivity contribution is 6.04. The molecule has 276 valence electrons. The summed E-state index contributed by atoms with van der Waals surface area (Å²) in [6, 6.07) is 33.6. The molecule has 1 fully saturated rings. The number of carbonyl (C=O) groups excluding carboxylic acids is 1. The van der Waals surface area contributed by atoms with Gasteiger partial charge >= 0.3 is 5.69 Å². The highest BCUT2D eigenvalue weighted by Gasteiger charge is 2.48. The molecule has 0 spiro atoms. The van der Waals surface area contributed by atoms with Crippen molar-refractivity contribution < 1.29 is 38.3 Å². The first kappa shape index (κ1) is 37.4. The molecular formula is C41H43N3O9. The molecule has 1 aliphatic heterocycles. The topological polar surface area (TPSA) is 140 Å². The van der Waals surface area contributed by atoms with E-state index in [1.807, 2.05) is 78.9 Å². The van der Waals surface area contributed by atoms with Gasteiger partial charge in [0.1, 0.15) is 41.2 Å². The molecular weight excluding hydrogens is 678 g/mol. The molecule has 12 nitrogen and oxygen atoms in total. The Morgan fingerprint density at radius 2 is 1.40 bits per heavy atom. The number of carbonyl (C=O) groups is 1. The number of benzene rings is 4. The van der Waals surface area contributed by atoms with Gasteiger partial charge in [0.2, 0.25) is 0 Å². The summed E-state index contributed by atoms with van der Waals surface area (Å²) in [5.41, 5.74) is 1.48. The van der Waals surface area contributed by atoms with E-state index in [1.54, 1.807) is 58.6 Å². The SMILES string of the molecule is COCCO[C@@H]1[C@H](O)[C@H](COC(c2ccccc2)(c2ccc(OC)cc2)c2ccc(OC)cc2)O[C@H]1n1cc(C)c(NC(=O)c2ccccc2)nc1=O. The van der Waals surface area contributed by atoms with Crippen LogP contribution in [0.1, 0.15) is 38.8 Å². The largest absolute Gasteiger partial charge is 0.497 e. The number of nitrogens with one attached hydrogen (secondary N) is 1. The zero-order valence-corrected chi connectivity index (χ0v) is 30.0. The Balaban J connectivity index is 1.35. The van der Waals surface area contributed by atoms with Crippen LogP contribution < -0.4 is 20.5 Å². The van der Waals surface area contributed by atoms with Crippen molar-refractivity contribution in [2.75, 3.05) is 46.5 Å². The Morgan fingerprint density at radius 1 is 0.830 bits per heavy atom. The lowest BCUT2D eigenvalue weighted by molar-refractivity contribution is -0.0994. The number of aliphatic hydroxyl groups is 1. The molecule has 4 aromatic carbocycles. The smallest absolute Gasteiger partial charge is 0.351 e. The van der Waals surface area contributed by atoms with Crippen LogP contribution in [0.25, 0.3) is 0 Å². The van der Waals surface area contributed by atoms with E-state index in [1.165, 1.54) is 10.8 Å². The predicted octanol–water partition coefficient (Wildman–Crippen LogP) is 5.12. The lowest BCUT2D eigenvalue weighted by Crippen LogP contribution is -2.41. The second-order valence-electron chi connectivity index (χ2n) is 12.5. The van der Waals surface area contributed by atoms with Crippen LogP contribution in [0.4, 0.5) is 5.82 Å². The first-order valence-corrected chi connectivity index (χ1v) is 17.2. The maximum absolute atomic E-state index is 13.6. The Morgan fingerprint density at radius 3 is 1.96 bits per heavy atom. The molecule has 53 heavy (non-hydrogen) atoms. The number of ether oxygens (including phenoxy) is 6. The minimum absolute atomic E-state index is 0.110. The summed E-state index contributed by atoms with van der Waals surface area (Å²) < 4.78 is 37.0. The minimum atomic E-state index is -1.22. The van der Waals surface area contributed by atoms with Gasteiger partial charge in [-0.05, 0) is 60.0 Å². The van der Waals surface area contributed by atoms with Gasteiger partial charge < -0.3 is 38.8 Å². The highest BCUT2D eigenvalue weighted by Crippen LogP contribution is 2.43. The van der Waals surface area contributed by atoms with Crippen molar-refractivity contribution in [2.24, 2.45) is 0 Å². The van der Waals surface area contributed by atoms with Crippen LogP contribution in [-0.2, 0) is 24.5 Å². The van der Waals surface area contributed by atoms with E-state index in [0.29, 0.717) is 22.6 Å². The average Bonchev–Trinajstić information content (AvgIpc) is 3.51. The quantitative estimate of drug-likeness (QED) is 0.111. The fourth-order valence-corrected chi connectivity index (χ4v) is 6.45. The van der Waals surface area contributed by atoms with Crippen molar-refractivity contribution in [1.29, 1.82) is 0 Å². The standard InChI is InChI=1S/C41H43N3O9/c1-27-25-44(40(47)43-37(27)42-38(46)28-11-7-5-8-12-28)39-36(51-24-23-48-2)35(45)34(53-39)26-52-41(29-13-9-6-10-14-29,30-15-19-32(49-3)20-16-30)31-17-21-33(50-4)22-18-31/h5-22,25,34-36,39,45H,23-24,26H2,1-4H3,(H,42,43,46,47)/t34-,35+,36+,39+/m0/s1. The van der Waals surface area contributed by atoms with E-state index in [9.17, 15) is 14.7 Å². The second kappa shape index (κ2) is 17.0. The average molecular weight is 722 g/mol. The summed E-state index contributed by atoms with van der Waals surface area (Å²) in [4.78, 5) is 30.6. The molecule has 0 radical (unpaired) electrons. The number of anilines is 1. The van der Waals surface area contributed by atoms with Crippen molar-refractivity contribution in [2.45, 2.75) is 37.1 Å². The highest BCUT2D eigenvalue weighted by atomic mass is 16.6. The predicted molar refractivity (Wildman–Crippen MR) is 197 cm³/mol. The molecule has 1 aromatic heterocycles. The number of methoxy groups -OCH3 is 3. The summed E-state index contributed by atoms with van der Waals surface area (Å²) in [6.45, 7) is 1.98. The van der Waals surface area contributed by atoms with Crippen molar-refractivity contribution in [3.8, 4) is 11.5 Å². The van der Waals surface area contributed by atoms with Gasteiger partial charge in [-0.15, -0.1) is 0 Å². The lowest BCUT2D eigenvalue weighted by Gasteiger charge is -2.37. The molecule has 1 saturated heterocycles. The number of amides is 1. The second-order valence-corrected chi connectivity index (χ2v) is 12.5.